The summed E-state index contributed by atoms with van der Waals surface area (Å²) in [6, 6.07) is 6.02. The molecule has 3 N–H and O–H groups in total. The van der Waals surface area contributed by atoms with Gasteiger partial charge in [-0.15, -0.1) is 0 Å². The van der Waals surface area contributed by atoms with Gasteiger partial charge in [0.2, 0.25) is 0 Å². The zero-order valence-electron chi connectivity index (χ0n) is 6.70. The zero-order chi connectivity index (χ0) is 9.68. The van der Waals surface area contributed by atoms with Crippen molar-refractivity contribution in [2.45, 2.75) is 0 Å². The van der Waals surface area contributed by atoms with Crippen molar-refractivity contribution in [2.24, 2.45) is 10.8 Å². The molecule has 0 aliphatic heterocycles. The van der Waals surface area contributed by atoms with Gasteiger partial charge in [-0.25, -0.2) is 4.39 Å². The Kier molecular flexibility index (Phi) is 3.33. The van der Waals surface area contributed by atoms with Gasteiger partial charge < -0.3 is 5.73 Å². The molecule has 1 aromatic rings. The van der Waals surface area contributed by atoms with Crippen molar-refractivity contribution >= 4 is 23.5 Å². The lowest BCUT2D eigenvalue weighted by atomic mass is 10.2. The molecule has 0 bridgehead atoms. The minimum Gasteiger partial charge on any atom is -0.375 e. The Morgan fingerprint density at radius 1 is 1.62 bits per heavy atom. The van der Waals surface area contributed by atoms with E-state index < -0.39 is 0 Å². The normalized spacial score (nSPS) is 10.2. The van der Waals surface area contributed by atoms with Crippen molar-refractivity contribution in [2.75, 3.05) is 0 Å². The minimum absolute atomic E-state index is 0.0765. The first-order valence-corrected chi connectivity index (χ1v) is 3.93. The Hall–Kier alpha value is -1.49. The third kappa shape index (κ3) is 3.62. The standard InChI is InChI=1S/C8H8FN3S/c9-7-3-1-2-6(4-7)5-11-12-8(10)13/h1-5H,(H3,10,12,13)/b11-5-. The van der Waals surface area contributed by atoms with Gasteiger partial charge in [-0.05, 0) is 29.9 Å². The number of hydrogen-bond acceptors (Lipinski definition) is 2. The molecule has 68 valence electrons. The van der Waals surface area contributed by atoms with Crippen LogP contribution in [0.3, 0.4) is 0 Å². The second kappa shape index (κ2) is 4.51. The number of nitrogens with zero attached hydrogens (tertiary/aromatic N) is 1. The molecule has 0 aliphatic rings. The van der Waals surface area contributed by atoms with Crippen LogP contribution in [0.15, 0.2) is 29.4 Å². The van der Waals surface area contributed by atoms with E-state index in [0.29, 0.717) is 5.56 Å². The molecule has 13 heavy (non-hydrogen) atoms. The highest BCUT2D eigenvalue weighted by Crippen LogP contribution is 1.99. The van der Waals surface area contributed by atoms with E-state index in [1.807, 2.05) is 0 Å². The molecule has 1 rings (SSSR count). The fourth-order valence-corrected chi connectivity index (χ4v) is 0.810. The van der Waals surface area contributed by atoms with Crippen LogP contribution >= 0.6 is 12.2 Å². The highest BCUT2D eigenvalue weighted by molar-refractivity contribution is 7.80. The maximum Gasteiger partial charge on any atom is 0.184 e. The highest BCUT2D eigenvalue weighted by Gasteiger charge is 1.90. The van der Waals surface area contributed by atoms with Gasteiger partial charge in [-0.3, -0.25) is 5.43 Å². The molecule has 0 aromatic heterocycles. The average molecular weight is 197 g/mol. The van der Waals surface area contributed by atoms with Gasteiger partial charge in [0.1, 0.15) is 5.82 Å². The predicted octanol–water partition coefficient (Wildman–Crippen LogP) is 0.993. The van der Waals surface area contributed by atoms with E-state index in [2.05, 4.69) is 22.7 Å². The summed E-state index contributed by atoms with van der Waals surface area (Å²) in [5.41, 5.74) is 8.13. The van der Waals surface area contributed by atoms with Crippen LogP contribution < -0.4 is 11.2 Å². The van der Waals surface area contributed by atoms with Gasteiger partial charge >= 0.3 is 0 Å². The first-order chi connectivity index (χ1) is 6.18. The number of hydrogen-bond donors (Lipinski definition) is 2. The Morgan fingerprint density at radius 2 is 2.38 bits per heavy atom. The van der Waals surface area contributed by atoms with Crippen LogP contribution in [0, 0.1) is 5.82 Å². The van der Waals surface area contributed by atoms with Crippen LogP contribution in [0.25, 0.3) is 0 Å². The van der Waals surface area contributed by atoms with E-state index in [1.54, 1.807) is 12.1 Å². The van der Waals surface area contributed by atoms with Crippen LogP contribution in [0.1, 0.15) is 5.56 Å². The summed E-state index contributed by atoms with van der Waals surface area (Å²) in [7, 11) is 0. The predicted molar refractivity (Wildman–Crippen MR) is 53.9 cm³/mol. The van der Waals surface area contributed by atoms with E-state index in [0.717, 1.165) is 0 Å². The lowest BCUT2D eigenvalue weighted by Gasteiger charge is -1.94. The molecule has 0 radical (unpaired) electrons. The number of nitrogens with two attached hydrogens (primary N) is 1. The summed E-state index contributed by atoms with van der Waals surface area (Å²) in [4.78, 5) is 0. The summed E-state index contributed by atoms with van der Waals surface area (Å²) in [6.45, 7) is 0. The van der Waals surface area contributed by atoms with Crippen LogP contribution in [0.5, 0.6) is 0 Å². The van der Waals surface area contributed by atoms with Gasteiger partial charge in [-0.2, -0.15) is 5.10 Å². The zero-order valence-corrected chi connectivity index (χ0v) is 7.51. The molecule has 0 atom stereocenters. The second-order valence-electron chi connectivity index (χ2n) is 2.29. The van der Waals surface area contributed by atoms with E-state index in [1.165, 1.54) is 18.3 Å². The Balaban J connectivity index is 2.63. The Bertz CT molecular complexity index is 338. The summed E-state index contributed by atoms with van der Waals surface area (Å²) in [6.07, 6.45) is 1.43. The van der Waals surface area contributed by atoms with Gasteiger partial charge in [0.25, 0.3) is 0 Å². The molecule has 5 heteroatoms. The fourth-order valence-electron chi connectivity index (χ4n) is 0.757. The van der Waals surface area contributed by atoms with Gasteiger partial charge in [0, 0.05) is 0 Å². The smallest absolute Gasteiger partial charge is 0.184 e. The van der Waals surface area contributed by atoms with Crippen molar-refractivity contribution in [3.8, 4) is 0 Å². The van der Waals surface area contributed by atoms with Crippen LogP contribution in [0.2, 0.25) is 0 Å². The maximum atomic E-state index is 12.6. The molecule has 0 saturated heterocycles. The Morgan fingerprint density at radius 3 is 3.00 bits per heavy atom. The van der Waals surface area contributed by atoms with E-state index in [-0.39, 0.29) is 10.9 Å². The van der Waals surface area contributed by atoms with Crippen molar-refractivity contribution < 1.29 is 4.39 Å². The maximum absolute atomic E-state index is 12.6. The second-order valence-corrected chi connectivity index (χ2v) is 2.73. The molecular formula is C8H8FN3S. The average Bonchev–Trinajstić information content (AvgIpc) is 2.03. The van der Waals surface area contributed by atoms with E-state index in [4.69, 9.17) is 5.73 Å². The van der Waals surface area contributed by atoms with Crippen molar-refractivity contribution in [3.63, 3.8) is 0 Å². The molecule has 0 spiro atoms. The molecule has 0 aliphatic carbocycles. The molecule has 0 unspecified atom stereocenters. The van der Waals surface area contributed by atoms with Crippen LogP contribution in [-0.4, -0.2) is 11.3 Å². The summed E-state index contributed by atoms with van der Waals surface area (Å²) >= 11 is 4.52. The molecule has 1 aromatic carbocycles. The number of thiocarbonyl (C=S) groups is 1. The molecule has 3 nitrogen and oxygen atoms in total. The molecular weight excluding hydrogens is 189 g/mol. The number of rotatable bonds is 2. The van der Waals surface area contributed by atoms with Crippen LogP contribution in [0.4, 0.5) is 4.39 Å². The summed E-state index contributed by atoms with van der Waals surface area (Å²) in [5, 5.41) is 3.75. The third-order valence-corrected chi connectivity index (χ3v) is 1.33. The lowest BCUT2D eigenvalue weighted by Crippen LogP contribution is -2.23. The van der Waals surface area contributed by atoms with Gasteiger partial charge in [0.05, 0.1) is 6.21 Å². The topological polar surface area (TPSA) is 50.4 Å². The first kappa shape index (κ1) is 9.60. The number of halogens is 1. The number of hydrazone groups is 1. The molecule has 0 heterocycles. The van der Waals surface area contributed by atoms with E-state index in [9.17, 15) is 4.39 Å². The van der Waals surface area contributed by atoms with Crippen molar-refractivity contribution in [1.29, 1.82) is 0 Å². The third-order valence-electron chi connectivity index (χ3n) is 1.24. The highest BCUT2D eigenvalue weighted by atomic mass is 32.1. The first-order valence-electron chi connectivity index (χ1n) is 3.52. The van der Waals surface area contributed by atoms with E-state index >= 15 is 0 Å². The van der Waals surface area contributed by atoms with Crippen molar-refractivity contribution in [3.05, 3.63) is 35.6 Å². The fraction of sp³-hybridized carbons (Fsp3) is 0. The molecule has 0 fully saturated rings. The lowest BCUT2D eigenvalue weighted by molar-refractivity contribution is 0.627. The Labute approximate surface area is 80.4 Å². The largest absolute Gasteiger partial charge is 0.375 e. The summed E-state index contributed by atoms with van der Waals surface area (Å²) in [5.74, 6) is -0.306. The quantitative estimate of drug-likeness (QED) is 0.422. The minimum atomic E-state index is -0.306. The van der Waals surface area contributed by atoms with Gasteiger partial charge in [0.15, 0.2) is 5.11 Å². The molecule has 0 saturated carbocycles. The SMILES string of the molecule is NC(=S)N/N=C\c1cccc(F)c1. The monoisotopic (exact) mass is 197 g/mol. The molecule has 0 amide bonds. The van der Waals surface area contributed by atoms with Crippen LogP contribution in [-0.2, 0) is 0 Å². The number of nitrogens with one attached hydrogen (secondary N) is 1. The van der Waals surface area contributed by atoms with Gasteiger partial charge in [-0.1, -0.05) is 12.1 Å². The number of benzene rings is 1. The summed E-state index contributed by atoms with van der Waals surface area (Å²) < 4.78 is 12.6. The van der Waals surface area contributed by atoms with Crippen molar-refractivity contribution in [1.82, 2.24) is 5.43 Å².